The highest BCUT2D eigenvalue weighted by Gasteiger charge is 2.28. The number of amides is 1. The molecule has 0 radical (unpaired) electrons. The molecule has 0 aliphatic carbocycles. The molecule has 28 heavy (non-hydrogen) atoms. The number of rotatable bonds is 2. The summed E-state index contributed by atoms with van der Waals surface area (Å²) in [5.41, 5.74) is 4.50. The third-order valence-electron chi connectivity index (χ3n) is 5.02. The van der Waals surface area contributed by atoms with E-state index in [9.17, 15) is 4.79 Å². The van der Waals surface area contributed by atoms with E-state index in [1.165, 1.54) is 5.56 Å². The molecule has 1 aliphatic heterocycles. The van der Waals surface area contributed by atoms with E-state index in [0.717, 1.165) is 26.6 Å². The van der Waals surface area contributed by atoms with E-state index < -0.39 is 0 Å². The highest BCUT2D eigenvalue weighted by atomic mass is 79.9. The number of morpholine rings is 1. The summed E-state index contributed by atoms with van der Waals surface area (Å²) in [6.45, 7) is 7.27. The summed E-state index contributed by atoms with van der Waals surface area (Å²) in [6, 6.07) is 16.0. The summed E-state index contributed by atoms with van der Waals surface area (Å²) >= 11 is 3.53. The van der Waals surface area contributed by atoms with Crippen LogP contribution >= 0.6 is 15.9 Å². The molecule has 0 spiro atoms. The van der Waals surface area contributed by atoms with Crippen LogP contribution in [-0.4, -0.2) is 41.1 Å². The molecular formula is C23H23BrN2O2. The number of benzene rings is 2. The summed E-state index contributed by atoms with van der Waals surface area (Å²) < 4.78 is 6.73. The van der Waals surface area contributed by atoms with Crippen molar-refractivity contribution >= 4 is 32.7 Å². The number of carbonyl (C=O) groups is 1. The second-order valence-corrected chi connectivity index (χ2v) is 8.47. The molecule has 1 saturated heterocycles. The van der Waals surface area contributed by atoms with Crippen LogP contribution in [0.15, 0.2) is 53.0 Å². The Labute approximate surface area is 173 Å². The van der Waals surface area contributed by atoms with Crippen molar-refractivity contribution in [3.8, 4) is 11.3 Å². The van der Waals surface area contributed by atoms with Crippen LogP contribution in [0.3, 0.4) is 0 Å². The molecule has 4 nitrogen and oxygen atoms in total. The zero-order valence-electron chi connectivity index (χ0n) is 16.3. The van der Waals surface area contributed by atoms with Crippen LogP contribution in [0.5, 0.6) is 0 Å². The molecule has 3 aromatic rings. The van der Waals surface area contributed by atoms with Crippen LogP contribution in [0, 0.1) is 6.92 Å². The Hall–Kier alpha value is -2.24. The van der Waals surface area contributed by atoms with Crippen molar-refractivity contribution in [2.24, 2.45) is 0 Å². The minimum atomic E-state index is 0.0291. The third-order valence-corrected chi connectivity index (χ3v) is 5.52. The fraction of sp³-hybridized carbons (Fsp3) is 0.304. The smallest absolute Gasteiger partial charge is 0.254 e. The Balaban J connectivity index is 1.85. The van der Waals surface area contributed by atoms with Crippen molar-refractivity contribution in [3.05, 3.63) is 64.1 Å². The Bertz CT molecular complexity index is 1040. The van der Waals surface area contributed by atoms with Crippen LogP contribution in [0.1, 0.15) is 29.8 Å². The Morgan fingerprint density at radius 2 is 1.86 bits per heavy atom. The van der Waals surface area contributed by atoms with Gasteiger partial charge >= 0.3 is 0 Å². The number of hydrogen-bond acceptors (Lipinski definition) is 3. The number of aryl methyl sites for hydroxylation is 1. The lowest BCUT2D eigenvalue weighted by molar-refractivity contribution is -0.0585. The van der Waals surface area contributed by atoms with Gasteiger partial charge in [0.15, 0.2) is 0 Å². The molecule has 0 N–H and O–H groups in total. The summed E-state index contributed by atoms with van der Waals surface area (Å²) in [5, 5.41) is 0.863. The van der Waals surface area contributed by atoms with Gasteiger partial charge in [-0.3, -0.25) is 4.79 Å². The number of pyridine rings is 1. The largest absolute Gasteiger partial charge is 0.372 e. The van der Waals surface area contributed by atoms with Crippen LogP contribution in [-0.2, 0) is 4.74 Å². The quantitative estimate of drug-likeness (QED) is 0.550. The first kappa shape index (κ1) is 19.1. The number of halogens is 1. The number of hydrogen-bond donors (Lipinski definition) is 0. The number of nitrogens with zero attached hydrogens (tertiary/aromatic N) is 2. The molecule has 2 aromatic carbocycles. The minimum Gasteiger partial charge on any atom is -0.372 e. The predicted molar refractivity (Wildman–Crippen MR) is 116 cm³/mol. The van der Waals surface area contributed by atoms with Crippen molar-refractivity contribution in [3.63, 3.8) is 0 Å². The SMILES string of the molecule is Cc1cccc(-c2cc(C(=O)N3C[C@@H](C)O[C@@H](C)C3)c3cc(Br)ccc3n2)c1. The van der Waals surface area contributed by atoms with Crippen LogP contribution in [0.4, 0.5) is 0 Å². The van der Waals surface area contributed by atoms with Gasteiger partial charge in [0.1, 0.15) is 0 Å². The third kappa shape index (κ3) is 3.82. The van der Waals surface area contributed by atoms with Gasteiger partial charge in [-0.2, -0.15) is 0 Å². The molecule has 0 unspecified atom stereocenters. The van der Waals surface area contributed by atoms with E-state index >= 15 is 0 Å². The molecule has 2 atom stereocenters. The standard InChI is InChI=1S/C23H23BrN2O2/c1-14-5-4-6-17(9-14)22-11-20(19-10-18(24)7-8-21(19)25-22)23(27)26-12-15(2)28-16(3)13-26/h4-11,15-16H,12-13H2,1-3H3/t15-,16+. The van der Waals surface area contributed by atoms with Gasteiger partial charge < -0.3 is 9.64 Å². The topological polar surface area (TPSA) is 42.4 Å². The highest BCUT2D eigenvalue weighted by Crippen LogP contribution is 2.29. The fourth-order valence-electron chi connectivity index (χ4n) is 3.84. The summed E-state index contributed by atoms with van der Waals surface area (Å²) in [5.74, 6) is 0.0291. The molecule has 1 aromatic heterocycles. The minimum absolute atomic E-state index is 0.0291. The Morgan fingerprint density at radius 1 is 1.11 bits per heavy atom. The Morgan fingerprint density at radius 3 is 2.57 bits per heavy atom. The molecule has 1 amide bonds. The monoisotopic (exact) mass is 438 g/mol. The molecule has 4 rings (SSSR count). The fourth-order valence-corrected chi connectivity index (χ4v) is 4.20. The van der Waals surface area contributed by atoms with Crippen molar-refractivity contribution in [2.45, 2.75) is 33.0 Å². The molecule has 0 bridgehead atoms. The lowest BCUT2D eigenvalue weighted by Crippen LogP contribution is -2.48. The average Bonchev–Trinajstić information content (AvgIpc) is 2.66. The van der Waals surface area contributed by atoms with Crippen LogP contribution < -0.4 is 0 Å². The van der Waals surface area contributed by atoms with Crippen LogP contribution in [0.25, 0.3) is 22.2 Å². The summed E-state index contributed by atoms with van der Waals surface area (Å²) in [7, 11) is 0. The van der Waals surface area contributed by atoms with Gasteiger partial charge in [-0.25, -0.2) is 4.98 Å². The van der Waals surface area contributed by atoms with E-state index in [2.05, 4.69) is 35.0 Å². The maximum absolute atomic E-state index is 13.5. The van der Waals surface area contributed by atoms with E-state index in [1.807, 2.05) is 55.1 Å². The van der Waals surface area contributed by atoms with Gasteiger partial charge in [0.2, 0.25) is 0 Å². The predicted octanol–water partition coefficient (Wildman–Crippen LogP) is 5.22. The van der Waals surface area contributed by atoms with Gasteiger partial charge in [-0.1, -0.05) is 39.7 Å². The number of carbonyl (C=O) groups excluding carboxylic acids is 1. The van der Waals surface area contributed by atoms with E-state index in [-0.39, 0.29) is 18.1 Å². The highest BCUT2D eigenvalue weighted by molar-refractivity contribution is 9.10. The molecule has 1 aliphatic rings. The zero-order chi connectivity index (χ0) is 19.8. The summed E-state index contributed by atoms with van der Waals surface area (Å²) in [4.78, 5) is 20.2. The van der Waals surface area contributed by atoms with Gasteiger partial charge in [0.05, 0.1) is 29.0 Å². The second-order valence-electron chi connectivity index (χ2n) is 7.55. The number of aromatic nitrogens is 1. The van der Waals surface area contributed by atoms with E-state index in [4.69, 9.17) is 9.72 Å². The first-order valence-electron chi connectivity index (χ1n) is 9.53. The normalized spacial score (nSPS) is 19.8. The molecule has 5 heteroatoms. The van der Waals surface area contributed by atoms with Crippen molar-refractivity contribution in [2.75, 3.05) is 13.1 Å². The number of fused-ring (bicyclic) bond motifs is 1. The van der Waals surface area contributed by atoms with Crippen molar-refractivity contribution < 1.29 is 9.53 Å². The molecular weight excluding hydrogens is 416 g/mol. The lowest BCUT2D eigenvalue weighted by Gasteiger charge is -2.35. The van der Waals surface area contributed by atoms with E-state index in [0.29, 0.717) is 18.7 Å². The second kappa shape index (κ2) is 7.64. The zero-order valence-corrected chi connectivity index (χ0v) is 17.9. The van der Waals surface area contributed by atoms with Crippen LogP contribution in [0.2, 0.25) is 0 Å². The first-order valence-corrected chi connectivity index (χ1v) is 10.3. The van der Waals surface area contributed by atoms with Crippen molar-refractivity contribution in [1.29, 1.82) is 0 Å². The average molecular weight is 439 g/mol. The van der Waals surface area contributed by atoms with E-state index in [1.54, 1.807) is 0 Å². The molecule has 0 saturated carbocycles. The van der Waals surface area contributed by atoms with Gasteiger partial charge in [0.25, 0.3) is 5.91 Å². The summed E-state index contributed by atoms with van der Waals surface area (Å²) in [6.07, 6.45) is 0.0626. The molecule has 144 valence electrons. The Kier molecular flexibility index (Phi) is 5.21. The van der Waals surface area contributed by atoms with Gasteiger partial charge in [-0.05, 0) is 51.1 Å². The molecule has 2 heterocycles. The van der Waals surface area contributed by atoms with Gasteiger partial charge in [0, 0.05) is 28.5 Å². The maximum atomic E-state index is 13.5. The molecule has 1 fully saturated rings. The lowest BCUT2D eigenvalue weighted by atomic mass is 10.0. The van der Waals surface area contributed by atoms with Gasteiger partial charge in [-0.15, -0.1) is 0 Å². The number of ether oxygens (including phenoxy) is 1. The first-order chi connectivity index (χ1) is 13.4. The van der Waals surface area contributed by atoms with Crippen molar-refractivity contribution in [1.82, 2.24) is 9.88 Å². The maximum Gasteiger partial charge on any atom is 0.254 e.